The number of aromatic nitrogens is 3. The van der Waals surface area contributed by atoms with Gasteiger partial charge in [0.1, 0.15) is 22.8 Å². The molecule has 0 spiro atoms. The number of nitrogens with one attached hydrogen (secondary N) is 2. The van der Waals surface area contributed by atoms with E-state index in [-0.39, 0.29) is 0 Å². The monoisotopic (exact) mass is 480 g/mol. The molecule has 4 N–H and O–H groups in total. The number of hydrogen-bond donors (Lipinski definition) is 3. The van der Waals surface area contributed by atoms with Crippen molar-refractivity contribution in [3.63, 3.8) is 0 Å². The Morgan fingerprint density at radius 2 is 1.97 bits per heavy atom. The Labute approximate surface area is 203 Å². The Bertz CT molecular complexity index is 1150. The minimum atomic E-state index is 0.353. The Kier molecular flexibility index (Phi) is 7.69. The molecule has 10 heteroatoms. The minimum absolute atomic E-state index is 0.353. The van der Waals surface area contributed by atoms with Gasteiger partial charge in [-0.1, -0.05) is 0 Å². The Hall–Kier alpha value is -3.11. The summed E-state index contributed by atoms with van der Waals surface area (Å²) in [6.45, 7) is 1.85. The number of likely N-dealkylation sites (tertiary alicyclic amines) is 1. The summed E-state index contributed by atoms with van der Waals surface area (Å²) in [6, 6.07) is 2.48. The van der Waals surface area contributed by atoms with Gasteiger partial charge in [0, 0.05) is 35.8 Å². The van der Waals surface area contributed by atoms with Gasteiger partial charge in [-0.15, -0.1) is 11.3 Å². The van der Waals surface area contributed by atoms with Crippen LogP contribution in [-0.2, 0) is 17.6 Å². The maximum Gasteiger partial charge on any atom is 0.209 e. The fourth-order valence-corrected chi connectivity index (χ4v) is 5.73. The van der Waals surface area contributed by atoms with Crippen LogP contribution in [0.25, 0.3) is 10.2 Å². The zero-order valence-corrected chi connectivity index (χ0v) is 20.6. The molecule has 0 aromatic carbocycles. The summed E-state index contributed by atoms with van der Waals surface area (Å²) >= 11 is 1.77. The Morgan fingerprint density at radius 3 is 2.68 bits per heavy atom. The molecular formula is C24H32N8OS. The summed E-state index contributed by atoms with van der Waals surface area (Å²) in [5.41, 5.74) is 8.49. The number of carbonyl (C=O) groups is 1. The number of nitrogens with two attached hydrogens (primary N) is 1. The van der Waals surface area contributed by atoms with E-state index in [2.05, 4.69) is 39.3 Å². The molecule has 5 rings (SSSR count). The molecule has 1 aliphatic heterocycles. The van der Waals surface area contributed by atoms with Gasteiger partial charge in [0.15, 0.2) is 0 Å². The summed E-state index contributed by atoms with van der Waals surface area (Å²) in [7, 11) is 4.20. The molecule has 34 heavy (non-hydrogen) atoms. The smallest absolute Gasteiger partial charge is 0.209 e. The normalized spacial score (nSPS) is 16.0. The van der Waals surface area contributed by atoms with E-state index in [9.17, 15) is 4.79 Å². The van der Waals surface area contributed by atoms with Crippen molar-refractivity contribution < 1.29 is 4.79 Å². The quantitative estimate of drug-likeness (QED) is 0.377. The number of nitrogen functional groups attached to an aromatic ring is 1. The second-order valence-electron chi connectivity index (χ2n) is 8.92. The topological polar surface area (TPSA) is 124 Å². The van der Waals surface area contributed by atoms with Crippen molar-refractivity contribution >= 4 is 51.5 Å². The molecule has 3 aromatic rings. The van der Waals surface area contributed by atoms with Crippen molar-refractivity contribution in [1.82, 2.24) is 24.8 Å². The van der Waals surface area contributed by atoms with Gasteiger partial charge in [-0.25, -0.2) is 15.0 Å². The lowest BCUT2D eigenvalue weighted by molar-refractivity contribution is -0.119. The standard InChI is InChI=1S/C16H16N6S.C8H16N2O/c17-6-9-5-10(7-19-14(9)18)22-15-13-11-3-1-2-4-12(11)23-16(13)21-8-20-15;1-9(2)8-3-5-10(7-11)6-4-8/h5-8,17H,1-4H2,(H2,18,19)(H,20,21,22);7-8H,3-6H2,1-2H3. The van der Waals surface area contributed by atoms with Gasteiger partial charge in [-0.2, -0.15) is 0 Å². The number of thiophene rings is 1. The SMILES string of the molecule is CN(C)C1CCN(C=O)CC1.N=Cc1cc(Nc2ncnc3sc4c(c23)CCCC4)cnc1N. The van der Waals surface area contributed by atoms with Gasteiger partial charge in [0.2, 0.25) is 6.41 Å². The predicted molar refractivity (Wildman–Crippen MR) is 138 cm³/mol. The van der Waals surface area contributed by atoms with E-state index in [1.165, 1.54) is 29.5 Å². The maximum absolute atomic E-state index is 10.3. The van der Waals surface area contributed by atoms with Crippen LogP contribution in [0.1, 0.15) is 41.7 Å². The van der Waals surface area contributed by atoms with Crippen molar-refractivity contribution in [2.45, 2.75) is 44.6 Å². The summed E-state index contributed by atoms with van der Waals surface area (Å²) in [4.78, 5) is 29.9. The fourth-order valence-electron chi connectivity index (χ4n) is 4.51. The molecule has 2 aliphatic rings. The molecule has 0 unspecified atom stereocenters. The fraction of sp³-hybridized carbons (Fsp3) is 0.458. The third-order valence-electron chi connectivity index (χ3n) is 6.50. The number of nitrogens with zero attached hydrogens (tertiary/aromatic N) is 5. The van der Waals surface area contributed by atoms with Crippen LogP contribution in [0.2, 0.25) is 0 Å². The molecule has 1 fully saturated rings. The van der Waals surface area contributed by atoms with Crippen LogP contribution in [0.4, 0.5) is 17.3 Å². The first kappa shape index (κ1) is 24.0. The number of anilines is 3. The van der Waals surface area contributed by atoms with E-state index in [0.717, 1.165) is 66.9 Å². The number of fused-ring (bicyclic) bond motifs is 3. The zero-order valence-electron chi connectivity index (χ0n) is 19.8. The molecule has 1 saturated heterocycles. The molecule has 9 nitrogen and oxygen atoms in total. The third kappa shape index (κ3) is 5.34. The number of amides is 1. The Morgan fingerprint density at radius 1 is 1.21 bits per heavy atom. The first-order chi connectivity index (χ1) is 16.5. The molecule has 0 atom stereocenters. The van der Waals surface area contributed by atoms with Crippen LogP contribution in [0.15, 0.2) is 18.6 Å². The van der Waals surface area contributed by atoms with E-state index >= 15 is 0 Å². The van der Waals surface area contributed by atoms with Crippen molar-refractivity contribution in [2.24, 2.45) is 0 Å². The zero-order chi connectivity index (χ0) is 24.1. The molecule has 1 aliphatic carbocycles. The van der Waals surface area contributed by atoms with Crippen molar-refractivity contribution in [2.75, 3.05) is 38.2 Å². The van der Waals surface area contributed by atoms with Crippen LogP contribution in [0, 0.1) is 5.41 Å². The summed E-state index contributed by atoms with van der Waals surface area (Å²) in [5, 5.41) is 11.8. The highest BCUT2D eigenvalue weighted by atomic mass is 32.1. The van der Waals surface area contributed by atoms with Gasteiger partial charge in [0.05, 0.1) is 17.3 Å². The lowest BCUT2D eigenvalue weighted by Gasteiger charge is -2.33. The number of aryl methyl sites for hydroxylation is 2. The Balaban J connectivity index is 0.000000210. The van der Waals surface area contributed by atoms with Crippen LogP contribution < -0.4 is 11.1 Å². The van der Waals surface area contributed by atoms with E-state index in [4.69, 9.17) is 11.1 Å². The van der Waals surface area contributed by atoms with E-state index in [0.29, 0.717) is 17.4 Å². The van der Waals surface area contributed by atoms with Crippen LogP contribution in [0.5, 0.6) is 0 Å². The van der Waals surface area contributed by atoms with Crippen LogP contribution in [0.3, 0.4) is 0 Å². The van der Waals surface area contributed by atoms with Gasteiger partial charge < -0.3 is 26.3 Å². The maximum atomic E-state index is 10.3. The molecule has 180 valence electrons. The summed E-state index contributed by atoms with van der Waals surface area (Å²) in [5.74, 6) is 1.16. The number of hydrogen-bond acceptors (Lipinski definition) is 9. The van der Waals surface area contributed by atoms with E-state index < -0.39 is 0 Å². The van der Waals surface area contributed by atoms with Gasteiger partial charge >= 0.3 is 0 Å². The number of piperidine rings is 1. The highest BCUT2D eigenvalue weighted by Crippen LogP contribution is 2.38. The number of carbonyl (C=O) groups excluding carboxylic acids is 1. The molecule has 0 bridgehead atoms. The lowest BCUT2D eigenvalue weighted by Crippen LogP contribution is -2.41. The van der Waals surface area contributed by atoms with E-state index in [1.807, 2.05) is 11.0 Å². The van der Waals surface area contributed by atoms with Gasteiger partial charge in [0.25, 0.3) is 0 Å². The van der Waals surface area contributed by atoms with Crippen LogP contribution in [-0.4, -0.2) is 70.6 Å². The van der Waals surface area contributed by atoms with Crippen LogP contribution >= 0.6 is 11.3 Å². The predicted octanol–water partition coefficient (Wildman–Crippen LogP) is 3.46. The van der Waals surface area contributed by atoms with Crippen molar-refractivity contribution in [1.29, 1.82) is 5.41 Å². The molecule has 4 heterocycles. The second kappa shape index (κ2) is 10.9. The highest BCUT2D eigenvalue weighted by Gasteiger charge is 2.20. The first-order valence-corrected chi connectivity index (χ1v) is 12.5. The third-order valence-corrected chi connectivity index (χ3v) is 7.70. The molecule has 0 radical (unpaired) electrons. The highest BCUT2D eigenvalue weighted by molar-refractivity contribution is 7.19. The average Bonchev–Trinajstić information content (AvgIpc) is 3.25. The molecule has 3 aromatic heterocycles. The minimum Gasteiger partial charge on any atom is -0.383 e. The van der Waals surface area contributed by atoms with E-state index in [1.54, 1.807) is 23.9 Å². The average molecular weight is 481 g/mol. The van der Waals surface area contributed by atoms with Gasteiger partial charge in [-0.3, -0.25) is 4.79 Å². The largest absolute Gasteiger partial charge is 0.383 e. The van der Waals surface area contributed by atoms with Crippen molar-refractivity contribution in [3.05, 3.63) is 34.6 Å². The molecule has 0 saturated carbocycles. The second-order valence-corrected chi connectivity index (χ2v) is 10.0. The molecular weight excluding hydrogens is 448 g/mol. The van der Waals surface area contributed by atoms with Gasteiger partial charge in [-0.05, 0) is 64.3 Å². The summed E-state index contributed by atoms with van der Waals surface area (Å²) in [6.07, 6.45) is 12.3. The summed E-state index contributed by atoms with van der Waals surface area (Å²) < 4.78 is 0. The lowest BCUT2D eigenvalue weighted by atomic mass is 9.97. The van der Waals surface area contributed by atoms with Crippen molar-refractivity contribution in [3.8, 4) is 0 Å². The molecule has 1 amide bonds. The first-order valence-electron chi connectivity index (χ1n) is 11.6. The number of pyridine rings is 1. The number of rotatable bonds is 5.